The second-order valence-electron chi connectivity index (χ2n) is 6.77. The Morgan fingerprint density at radius 1 is 1.14 bits per heavy atom. The molecule has 156 valence electrons. The summed E-state index contributed by atoms with van der Waals surface area (Å²) in [6.07, 6.45) is 0. The lowest BCUT2D eigenvalue weighted by Crippen LogP contribution is -2.52. The fraction of sp³-hybridized carbons (Fsp3) is 0.350. The number of hydrogen-bond donors (Lipinski definition) is 2. The maximum absolute atomic E-state index is 11.5. The lowest BCUT2D eigenvalue weighted by molar-refractivity contribution is 0.372. The molecular formula is C20H27N5O3S. The minimum absolute atomic E-state index is 0.111. The minimum atomic E-state index is -3.71. The van der Waals surface area contributed by atoms with Crippen molar-refractivity contribution >= 4 is 21.7 Å². The molecular weight excluding hydrogens is 390 g/mol. The van der Waals surface area contributed by atoms with E-state index in [9.17, 15) is 8.42 Å². The lowest BCUT2D eigenvalue weighted by atomic mass is 10.2. The van der Waals surface area contributed by atoms with Gasteiger partial charge in [0.05, 0.1) is 12.0 Å². The quantitative estimate of drug-likeness (QED) is 0.561. The van der Waals surface area contributed by atoms with Gasteiger partial charge < -0.3 is 19.9 Å². The van der Waals surface area contributed by atoms with Crippen molar-refractivity contribution < 1.29 is 13.2 Å². The van der Waals surface area contributed by atoms with Gasteiger partial charge in [0.15, 0.2) is 5.96 Å². The molecule has 0 unspecified atom stereocenters. The van der Waals surface area contributed by atoms with Crippen molar-refractivity contribution in [2.75, 3.05) is 45.2 Å². The van der Waals surface area contributed by atoms with Crippen LogP contribution in [-0.2, 0) is 16.6 Å². The molecule has 0 saturated carbocycles. The Labute approximate surface area is 172 Å². The highest BCUT2D eigenvalue weighted by molar-refractivity contribution is 7.89. The molecule has 0 radical (unpaired) electrons. The third-order valence-corrected chi connectivity index (χ3v) is 5.82. The summed E-state index contributed by atoms with van der Waals surface area (Å²) >= 11 is 0. The Hall–Kier alpha value is -2.78. The van der Waals surface area contributed by atoms with Gasteiger partial charge in [-0.05, 0) is 42.0 Å². The van der Waals surface area contributed by atoms with Crippen molar-refractivity contribution in [3.05, 3.63) is 54.1 Å². The van der Waals surface area contributed by atoms with Gasteiger partial charge in [0.2, 0.25) is 10.0 Å². The van der Waals surface area contributed by atoms with Crippen molar-refractivity contribution in [3.63, 3.8) is 0 Å². The van der Waals surface area contributed by atoms with E-state index in [1.165, 1.54) is 11.8 Å². The average Bonchev–Trinajstić information content (AvgIpc) is 2.74. The van der Waals surface area contributed by atoms with Crippen molar-refractivity contribution in [1.29, 1.82) is 0 Å². The summed E-state index contributed by atoms with van der Waals surface area (Å²) < 4.78 is 28.3. The molecule has 3 rings (SSSR count). The van der Waals surface area contributed by atoms with Crippen LogP contribution in [0.2, 0.25) is 0 Å². The number of sulfonamides is 1. The standard InChI is InChI=1S/C20H27N5O3S/c1-22-20(23-15-16-4-3-5-19(14-16)29(21,26)27)25-12-10-24(11-13-25)17-6-8-18(28-2)9-7-17/h3-9,14H,10-13,15H2,1-2H3,(H,22,23)(H2,21,26,27). The van der Waals surface area contributed by atoms with Gasteiger partial charge in [0.25, 0.3) is 0 Å². The Morgan fingerprint density at radius 3 is 2.41 bits per heavy atom. The molecule has 0 amide bonds. The molecule has 9 heteroatoms. The van der Waals surface area contributed by atoms with Crippen LogP contribution in [0, 0.1) is 0 Å². The number of guanidine groups is 1. The van der Waals surface area contributed by atoms with Crippen LogP contribution in [0.15, 0.2) is 58.4 Å². The summed E-state index contributed by atoms with van der Waals surface area (Å²) in [5.74, 6) is 1.64. The SMILES string of the molecule is CN=C(NCc1cccc(S(N)(=O)=O)c1)N1CCN(c2ccc(OC)cc2)CC1. The number of aliphatic imine (C=N–C) groups is 1. The predicted octanol–water partition coefficient (Wildman–Crippen LogP) is 1.24. The fourth-order valence-electron chi connectivity index (χ4n) is 3.32. The van der Waals surface area contributed by atoms with Crippen LogP contribution in [0.1, 0.15) is 5.56 Å². The van der Waals surface area contributed by atoms with Gasteiger partial charge in [-0.2, -0.15) is 0 Å². The second-order valence-corrected chi connectivity index (χ2v) is 8.33. The van der Waals surface area contributed by atoms with Crippen LogP contribution in [0.5, 0.6) is 5.75 Å². The molecule has 1 fully saturated rings. The molecule has 2 aromatic rings. The molecule has 0 aromatic heterocycles. The van der Waals surface area contributed by atoms with Crippen molar-refractivity contribution in [1.82, 2.24) is 10.2 Å². The van der Waals surface area contributed by atoms with E-state index in [4.69, 9.17) is 9.88 Å². The molecule has 1 aliphatic rings. The summed E-state index contributed by atoms with van der Waals surface area (Å²) in [6, 6.07) is 14.7. The Morgan fingerprint density at radius 2 is 1.83 bits per heavy atom. The topological polar surface area (TPSA) is 100 Å². The van der Waals surface area contributed by atoms with Gasteiger partial charge in [-0.3, -0.25) is 4.99 Å². The number of rotatable bonds is 5. The molecule has 1 heterocycles. The smallest absolute Gasteiger partial charge is 0.238 e. The van der Waals surface area contributed by atoms with Gasteiger partial charge in [-0.1, -0.05) is 12.1 Å². The first-order valence-electron chi connectivity index (χ1n) is 9.37. The van der Waals surface area contributed by atoms with E-state index < -0.39 is 10.0 Å². The Bertz CT molecular complexity index is 952. The number of nitrogens with zero attached hydrogens (tertiary/aromatic N) is 3. The number of benzene rings is 2. The van der Waals surface area contributed by atoms with E-state index in [-0.39, 0.29) is 4.90 Å². The van der Waals surface area contributed by atoms with Crippen LogP contribution < -0.4 is 20.1 Å². The Kier molecular flexibility index (Phi) is 6.60. The normalized spacial score (nSPS) is 15.3. The molecule has 0 aliphatic carbocycles. The molecule has 3 N–H and O–H groups in total. The third-order valence-electron chi connectivity index (χ3n) is 4.91. The highest BCUT2D eigenvalue weighted by Gasteiger charge is 2.20. The first kappa shape index (κ1) is 20.9. The number of anilines is 1. The number of nitrogens with one attached hydrogen (secondary N) is 1. The first-order chi connectivity index (χ1) is 13.9. The van der Waals surface area contributed by atoms with Crippen LogP contribution >= 0.6 is 0 Å². The van der Waals surface area contributed by atoms with Crippen LogP contribution in [0.3, 0.4) is 0 Å². The molecule has 0 bridgehead atoms. The van der Waals surface area contributed by atoms with Gasteiger partial charge in [-0.25, -0.2) is 13.6 Å². The maximum atomic E-state index is 11.5. The van der Waals surface area contributed by atoms with Gasteiger partial charge in [0.1, 0.15) is 5.75 Å². The zero-order valence-electron chi connectivity index (χ0n) is 16.7. The Balaban J connectivity index is 1.56. The van der Waals surface area contributed by atoms with Crippen LogP contribution in [0.25, 0.3) is 0 Å². The monoisotopic (exact) mass is 417 g/mol. The summed E-state index contributed by atoms with van der Waals surface area (Å²) in [4.78, 5) is 9.01. The van der Waals surface area contributed by atoms with Crippen molar-refractivity contribution in [2.45, 2.75) is 11.4 Å². The van der Waals surface area contributed by atoms with E-state index >= 15 is 0 Å². The molecule has 8 nitrogen and oxygen atoms in total. The van der Waals surface area contributed by atoms with E-state index in [0.717, 1.165) is 43.5 Å². The summed E-state index contributed by atoms with van der Waals surface area (Å²) in [5.41, 5.74) is 2.00. The number of methoxy groups -OCH3 is 1. The summed E-state index contributed by atoms with van der Waals surface area (Å²) in [6.45, 7) is 3.91. The molecule has 29 heavy (non-hydrogen) atoms. The zero-order valence-corrected chi connectivity index (χ0v) is 17.5. The number of nitrogens with two attached hydrogens (primary N) is 1. The third kappa shape index (κ3) is 5.39. The molecule has 2 aromatic carbocycles. The maximum Gasteiger partial charge on any atom is 0.238 e. The largest absolute Gasteiger partial charge is 0.497 e. The molecule has 0 atom stereocenters. The predicted molar refractivity (Wildman–Crippen MR) is 115 cm³/mol. The number of primary sulfonamides is 1. The van der Waals surface area contributed by atoms with Crippen molar-refractivity contribution in [3.8, 4) is 5.75 Å². The number of piperazine rings is 1. The summed E-state index contributed by atoms with van der Waals surface area (Å²) in [7, 11) is -0.296. The number of hydrogen-bond acceptors (Lipinski definition) is 5. The minimum Gasteiger partial charge on any atom is -0.497 e. The van der Waals surface area contributed by atoms with E-state index in [0.29, 0.717) is 6.54 Å². The molecule has 1 saturated heterocycles. The molecule has 0 spiro atoms. The lowest BCUT2D eigenvalue weighted by Gasteiger charge is -2.37. The van der Waals surface area contributed by atoms with Gasteiger partial charge in [-0.15, -0.1) is 0 Å². The van der Waals surface area contributed by atoms with E-state index in [2.05, 4.69) is 32.2 Å². The highest BCUT2D eigenvalue weighted by atomic mass is 32.2. The zero-order chi connectivity index (χ0) is 20.9. The van der Waals surface area contributed by atoms with Gasteiger partial charge in [0, 0.05) is 45.5 Å². The van der Waals surface area contributed by atoms with Crippen molar-refractivity contribution in [2.24, 2.45) is 10.1 Å². The highest BCUT2D eigenvalue weighted by Crippen LogP contribution is 2.20. The van der Waals surface area contributed by atoms with Crippen LogP contribution in [-0.4, -0.2) is 59.6 Å². The fourth-order valence-corrected chi connectivity index (χ4v) is 3.90. The van der Waals surface area contributed by atoms with Gasteiger partial charge >= 0.3 is 0 Å². The van der Waals surface area contributed by atoms with E-state index in [1.54, 1.807) is 26.3 Å². The van der Waals surface area contributed by atoms with E-state index in [1.807, 2.05) is 18.2 Å². The first-order valence-corrected chi connectivity index (χ1v) is 10.9. The summed E-state index contributed by atoms with van der Waals surface area (Å²) in [5, 5.41) is 8.52. The molecule has 1 aliphatic heterocycles. The second kappa shape index (κ2) is 9.15. The number of ether oxygens (including phenoxy) is 1. The van der Waals surface area contributed by atoms with Crippen LogP contribution in [0.4, 0.5) is 5.69 Å². The average molecular weight is 418 g/mol.